The monoisotopic (exact) mass is 417 g/mol. The summed E-state index contributed by atoms with van der Waals surface area (Å²) in [6.07, 6.45) is 5.71. The number of nitrogens with two attached hydrogens (primary N) is 1. The Balaban J connectivity index is 1.65. The number of hydrogen-bond donors (Lipinski definition) is 2. The topological polar surface area (TPSA) is 84.7 Å². The van der Waals surface area contributed by atoms with Crippen molar-refractivity contribution in [1.82, 2.24) is 10.2 Å². The first kappa shape index (κ1) is 24.2. The number of rotatable bonds is 9. The van der Waals surface area contributed by atoms with Crippen molar-refractivity contribution in [3.8, 4) is 0 Å². The maximum atomic E-state index is 12.5. The summed E-state index contributed by atoms with van der Waals surface area (Å²) in [5.41, 5.74) is 7.15. The third-order valence-corrected chi connectivity index (χ3v) is 5.88. The molecule has 1 heterocycles. The van der Waals surface area contributed by atoms with Gasteiger partial charge in [0.05, 0.1) is 0 Å². The number of hydrogen-bond acceptors (Lipinski definition) is 4. The maximum Gasteiger partial charge on any atom is 0.407 e. The van der Waals surface area contributed by atoms with Crippen molar-refractivity contribution >= 4 is 12.0 Å². The van der Waals surface area contributed by atoms with E-state index in [4.69, 9.17) is 10.5 Å². The maximum absolute atomic E-state index is 12.5. The smallest absolute Gasteiger partial charge is 0.407 e. The molecule has 2 rings (SSSR count). The molecule has 0 bridgehead atoms. The van der Waals surface area contributed by atoms with Crippen LogP contribution < -0.4 is 11.1 Å². The van der Waals surface area contributed by atoms with Gasteiger partial charge in [0.25, 0.3) is 0 Å². The Morgan fingerprint density at radius 1 is 1.13 bits per heavy atom. The third-order valence-electron chi connectivity index (χ3n) is 5.88. The zero-order chi connectivity index (χ0) is 22.0. The molecule has 0 radical (unpaired) electrons. The molecule has 0 atom stereocenters. The van der Waals surface area contributed by atoms with E-state index in [1.54, 1.807) is 0 Å². The Hall–Kier alpha value is -2.08. The molecule has 2 amide bonds. The summed E-state index contributed by atoms with van der Waals surface area (Å²) in [4.78, 5) is 26.1. The van der Waals surface area contributed by atoms with Crippen LogP contribution in [0.2, 0.25) is 0 Å². The number of likely N-dealkylation sites (tertiary alicyclic amines) is 1. The molecule has 1 saturated heterocycles. The molecule has 6 heteroatoms. The molecule has 168 valence electrons. The number of nitrogens with zero attached hydrogens (tertiary/aromatic N) is 1. The molecule has 1 aromatic carbocycles. The quantitative estimate of drug-likeness (QED) is 0.597. The van der Waals surface area contributed by atoms with E-state index in [1.165, 1.54) is 5.56 Å². The van der Waals surface area contributed by atoms with Crippen LogP contribution in [0.15, 0.2) is 30.3 Å². The van der Waals surface area contributed by atoms with E-state index in [0.717, 1.165) is 51.6 Å². The van der Waals surface area contributed by atoms with Gasteiger partial charge in [-0.15, -0.1) is 0 Å². The second-order valence-electron chi connectivity index (χ2n) is 9.46. The fraction of sp³-hybridized carbons (Fsp3) is 0.667. The summed E-state index contributed by atoms with van der Waals surface area (Å²) in [5, 5.41) is 2.74. The zero-order valence-corrected chi connectivity index (χ0v) is 18.9. The summed E-state index contributed by atoms with van der Waals surface area (Å²) in [6.45, 7) is 8.30. The van der Waals surface area contributed by atoms with Crippen LogP contribution in [0, 0.1) is 5.41 Å². The van der Waals surface area contributed by atoms with Crippen LogP contribution in [0.3, 0.4) is 0 Å². The molecule has 6 nitrogen and oxygen atoms in total. The molecule has 1 aliphatic heterocycles. The van der Waals surface area contributed by atoms with Gasteiger partial charge in [-0.25, -0.2) is 4.79 Å². The molecular formula is C24H39N3O3. The number of aryl methyl sites for hydroxylation is 1. The minimum atomic E-state index is -0.492. The van der Waals surface area contributed by atoms with Crippen LogP contribution in [0.5, 0.6) is 0 Å². The second kappa shape index (κ2) is 11.3. The summed E-state index contributed by atoms with van der Waals surface area (Å²) < 4.78 is 5.20. The van der Waals surface area contributed by atoms with Crippen molar-refractivity contribution in [2.45, 2.75) is 71.3 Å². The molecule has 1 fully saturated rings. The number of amides is 2. The van der Waals surface area contributed by atoms with Gasteiger partial charge in [-0.05, 0) is 76.8 Å². The van der Waals surface area contributed by atoms with Crippen molar-refractivity contribution in [1.29, 1.82) is 0 Å². The average molecular weight is 418 g/mol. The van der Waals surface area contributed by atoms with Crippen LogP contribution in [0.4, 0.5) is 4.79 Å². The highest BCUT2D eigenvalue weighted by molar-refractivity contribution is 5.76. The van der Waals surface area contributed by atoms with E-state index in [2.05, 4.69) is 29.6 Å². The second-order valence-corrected chi connectivity index (χ2v) is 9.46. The lowest BCUT2D eigenvalue weighted by atomic mass is 9.74. The van der Waals surface area contributed by atoms with E-state index in [0.29, 0.717) is 19.5 Å². The minimum absolute atomic E-state index is 0.143. The fourth-order valence-electron chi connectivity index (χ4n) is 3.90. The average Bonchev–Trinajstić information content (AvgIpc) is 2.71. The van der Waals surface area contributed by atoms with E-state index in [1.807, 2.05) is 31.7 Å². The van der Waals surface area contributed by atoms with Crippen LogP contribution in [-0.2, 0) is 16.0 Å². The van der Waals surface area contributed by atoms with E-state index in [-0.39, 0.29) is 11.3 Å². The molecule has 0 aromatic heterocycles. The van der Waals surface area contributed by atoms with Crippen molar-refractivity contribution in [3.63, 3.8) is 0 Å². The summed E-state index contributed by atoms with van der Waals surface area (Å²) in [5.74, 6) is 0.209. The fourth-order valence-corrected chi connectivity index (χ4v) is 3.90. The first-order valence-electron chi connectivity index (χ1n) is 11.2. The van der Waals surface area contributed by atoms with Gasteiger partial charge in [0, 0.05) is 26.1 Å². The normalized spacial score (nSPS) is 16.2. The molecule has 1 aliphatic rings. The SMILES string of the molecule is CC(C)(C)OC(=O)NCCCCC(=O)N1CCC(CN)(CCc2ccccc2)CC1. The molecule has 0 aliphatic carbocycles. The van der Waals surface area contributed by atoms with Gasteiger partial charge in [-0.3, -0.25) is 4.79 Å². The van der Waals surface area contributed by atoms with Gasteiger partial charge in [-0.2, -0.15) is 0 Å². The zero-order valence-electron chi connectivity index (χ0n) is 18.9. The van der Waals surface area contributed by atoms with Gasteiger partial charge < -0.3 is 20.7 Å². The predicted octanol–water partition coefficient (Wildman–Crippen LogP) is 3.88. The van der Waals surface area contributed by atoms with E-state index >= 15 is 0 Å². The lowest BCUT2D eigenvalue weighted by Crippen LogP contribution is -2.46. The van der Waals surface area contributed by atoms with Gasteiger partial charge in [-0.1, -0.05) is 30.3 Å². The molecule has 0 spiro atoms. The Labute approximate surface area is 181 Å². The number of carbonyl (C=O) groups is 2. The standard InChI is InChI=1S/C24H39N3O3/c1-23(2,3)30-22(29)26-16-8-7-11-21(28)27-17-14-24(19-25,15-18-27)13-12-20-9-5-4-6-10-20/h4-6,9-10H,7-8,11-19,25H2,1-3H3,(H,26,29). The molecular weight excluding hydrogens is 378 g/mol. The first-order valence-corrected chi connectivity index (χ1v) is 11.2. The lowest BCUT2D eigenvalue weighted by Gasteiger charge is -2.41. The van der Waals surface area contributed by atoms with Crippen LogP contribution in [0.1, 0.15) is 64.9 Å². The lowest BCUT2D eigenvalue weighted by molar-refractivity contribution is -0.133. The van der Waals surface area contributed by atoms with Crippen molar-refractivity contribution in [2.24, 2.45) is 11.1 Å². The number of nitrogens with one attached hydrogen (secondary N) is 1. The predicted molar refractivity (Wildman–Crippen MR) is 120 cm³/mol. The first-order chi connectivity index (χ1) is 14.2. The van der Waals surface area contributed by atoms with Gasteiger partial charge >= 0.3 is 6.09 Å². The molecule has 1 aromatic rings. The molecule has 0 unspecified atom stereocenters. The highest BCUT2D eigenvalue weighted by Crippen LogP contribution is 2.35. The summed E-state index contributed by atoms with van der Waals surface area (Å²) in [6, 6.07) is 10.5. The summed E-state index contributed by atoms with van der Waals surface area (Å²) in [7, 11) is 0. The number of unbranched alkanes of at least 4 members (excludes halogenated alkanes) is 1. The van der Waals surface area contributed by atoms with E-state index in [9.17, 15) is 9.59 Å². The van der Waals surface area contributed by atoms with Gasteiger partial charge in [0.15, 0.2) is 0 Å². The number of benzene rings is 1. The highest BCUT2D eigenvalue weighted by Gasteiger charge is 2.34. The number of carbonyl (C=O) groups excluding carboxylic acids is 2. The third kappa shape index (κ3) is 8.34. The Morgan fingerprint density at radius 3 is 2.40 bits per heavy atom. The molecule has 0 saturated carbocycles. The summed E-state index contributed by atoms with van der Waals surface area (Å²) >= 11 is 0. The largest absolute Gasteiger partial charge is 0.444 e. The minimum Gasteiger partial charge on any atom is -0.444 e. The van der Waals surface area contributed by atoms with Crippen LogP contribution in [0.25, 0.3) is 0 Å². The number of alkyl carbamates (subject to hydrolysis) is 1. The molecule has 3 N–H and O–H groups in total. The van der Waals surface area contributed by atoms with Gasteiger partial charge in [0.1, 0.15) is 5.60 Å². The van der Waals surface area contributed by atoms with Crippen LogP contribution in [-0.4, -0.2) is 48.7 Å². The van der Waals surface area contributed by atoms with Gasteiger partial charge in [0.2, 0.25) is 5.91 Å². The van der Waals surface area contributed by atoms with Crippen molar-refractivity contribution in [3.05, 3.63) is 35.9 Å². The molecule has 30 heavy (non-hydrogen) atoms. The Kier molecular flexibility index (Phi) is 9.15. The van der Waals surface area contributed by atoms with E-state index < -0.39 is 11.7 Å². The van der Waals surface area contributed by atoms with Crippen molar-refractivity contribution in [2.75, 3.05) is 26.2 Å². The Bertz CT molecular complexity index is 662. The number of ether oxygens (including phenoxy) is 1. The van der Waals surface area contributed by atoms with Crippen molar-refractivity contribution < 1.29 is 14.3 Å². The Morgan fingerprint density at radius 2 is 1.80 bits per heavy atom. The van der Waals surface area contributed by atoms with Crippen LogP contribution >= 0.6 is 0 Å². The highest BCUT2D eigenvalue weighted by atomic mass is 16.6. The number of piperidine rings is 1.